The minimum absolute atomic E-state index is 0.157. The van der Waals surface area contributed by atoms with Crippen LogP contribution in [0.1, 0.15) is 45.7 Å². The van der Waals surface area contributed by atoms with E-state index in [0.717, 1.165) is 10.0 Å². The number of amides is 1. The molecule has 0 radical (unpaired) electrons. The summed E-state index contributed by atoms with van der Waals surface area (Å²) in [4.78, 5) is 26.3. The van der Waals surface area contributed by atoms with E-state index in [0.29, 0.717) is 13.0 Å². The Hall–Kier alpha value is -1.36. The number of halogens is 1. The van der Waals surface area contributed by atoms with Crippen molar-refractivity contribution in [1.82, 2.24) is 4.90 Å². The molecule has 0 bridgehead atoms. The van der Waals surface area contributed by atoms with Gasteiger partial charge < -0.3 is 9.64 Å². The van der Waals surface area contributed by atoms with Crippen LogP contribution in [0.25, 0.3) is 0 Å². The lowest BCUT2D eigenvalue weighted by Gasteiger charge is -2.38. The highest BCUT2D eigenvalue weighted by Crippen LogP contribution is 2.33. The fourth-order valence-corrected chi connectivity index (χ4v) is 2.98. The lowest BCUT2D eigenvalue weighted by Crippen LogP contribution is -2.47. The van der Waals surface area contributed by atoms with Gasteiger partial charge >= 0.3 is 6.09 Å². The predicted molar refractivity (Wildman–Crippen MR) is 88.6 cm³/mol. The molecule has 4 nitrogen and oxygen atoms in total. The van der Waals surface area contributed by atoms with Crippen LogP contribution in [0.3, 0.4) is 0 Å². The Balaban J connectivity index is 2.30. The smallest absolute Gasteiger partial charge is 0.410 e. The van der Waals surface area contributed by atoms with E-state index < -0.39 is 5.60 Å². The molecule has 0 spiro atoms. The Morgan fingerprint density at radius 1 is 1.36 bits per heavy atom. The number of likely N-dealkylation sites (tertiary alicyclic amines) is 1. The van der Waals surface area contributed by atoms with Gasteiger partial charge in [-0.15, -0.1) is 0 Å². The number of Topliss-reactive ketones (excluding diaryl/α,β-unsaturated/α-hetero) is 1. The number of piperidine rings is 1. The van der Waals surface area contributed by atoms with Crippen LogP contribution in [-0.4, -0.2) is 28.9 Å². The molecule has 2 atom stereocenters. The van der Waals surface area contributed by atoms with Gasteiger partial charge in [-0.3, -0.25) is 4.79 Å². The van der Waals surface area contributed by atoms with Gasteiger partial charge in [0.05, 0.1) is 6.04 Å². The molecular weight excluding hydrogens is 346 g/mol. The Kier molecular flexibility index (Phi) is 4.95. The monoisotopic (exact) mass is 367 g/mol. The van der Waals surface area contributed by atoms with Gasteiger partial charge in [-0.2, -0.15) is 0 Å². The highest BCUT2D eigenvalue weighted by Gasteiger charge is 2.37. The third-order valence-corrected chi connectivity index (χ3v) is 4.15. The lowest BCUT2D eigenvalue weighted by molar-refractivity contribution is -0.127. The quantitative estimate of drug-likeness (QED) is 0.741. The van der Waals surface area contributed by atoms with Crippen LogP contribution in [0.2, 0.25) is 0 Å². The summed E-state index contributed by atoms with van der Waals surface area (Å²) >= 11 is 3.44. The molecule has 0 N–H and O–H groups in total. The molecule has 1 saturated heterocycles. The lowest BCUT2D eigenvalue weighted by atomic mass is 9.89. The second-order valence-electron chi connectivity index (χ2n) is 6.77. The van der Waals surface area contributed by atoms with Gasteiger partial charge in [0.2, 0.25) is 0 Å². The predicted octanol–water partition coefficient (Wildman–Crippen LogP) is 4.34. The molecule has 0 aromatic heterocycles. The molecule has 2 rings (SSSR count). The average molecular weight is 368 g/mol. The molecule has 0 saturated carbocycles. The number of ketones is 1. The zero-order valence-electron chi connectivity index (χ0n) is 13.4. The van der Waals surface area contributed by atoms with Crippen LogP contribution in [0, 0.1) is 5.92 Å². The van der Waals surface area contributed by atoms with E-state index in [2.05, 4.69) is 15.9 Å². The topological polar surface area (TPSA) is 46.6 Å². The minimum Gasteiger partial charge on any atom is -0.444 e. The van der Waals surface area contributed by atoms with Gasteiger partial charge in [0, 0.05) is 23.4 Å². The zero-order valence-corrected chi connectivity index (χ0v) is 15.0. The van der Waals surface area contributed by atoms with Gasteiger partial charge in [0.25, 0.3) is 0 Å². The van der Waals surface area contributed by atoms with Crippen LogP contribution >= 0.6 is 15.9 Å². The molecule has 1 amide bonds. The van der Waals surface area contributed by atoms with Crippen molar-refractivity contribution in [3.63, 3.8) is 0 Å². The third-order valence-electron chi connectivity index (χ3n) is 3.65. The summed E-state index contributed by atoms with van der Waals surface area (Å²) in [5, 5.41) is 0. The Morgan fingerprint density at radius 3 is 2.64 bits per heavy atom. The largest absolute Gasteiger partial charge is 0.444 e. The summed E-state index contributed by atoms with van der Waals surface area (Å²) in [7, 11) is 0. The SMILES string of the molecule is CC1CN(C(=O)OC(C)(C)C)C(c2cccc(Br)c2)CC1=O. The van der Waals surface area contributed by atoms with Gasteiger partial charge in [0.1, 0.15) is 11.4 Å². The molecule has 2 unspecified atom stereocenters. The van der Waals surface area contributed by atoms with Gasteiger partial charge in [0.15, 0.2) is 0 Å². The van der Waals surface area contributed by atoms with E-state index >= 15 is 0 Å². The first-order valence-corrected chi connectivity index (χ1v) is 8.24. The third kappa shape index (κ3) is 4.09. The molecule has 120 valence electrons. The molecule has 5 heteroatoms. The maximum atomic E-state index is 12.5. The van der Waals surface area contributed by atoms with Crippen LogP contribution in [0.4, 0.5) is 4.79 Å². The Morgan fingerprint density at radius 2 is 2.05 bits per heavy atom. The number of hydrogen-bond acceptors (Lipinski definition) is 3. The molecule has 1 aliphatic rings. The van der Waals surface area contributed by atoms with Gasteiger partial charge in [-0.25, -0.2) is 4.79 Å². The molecule has 1 aromatic carbocycles. The summed E-state index contributed by atoms with van der Waals surface area (Å²) in [5.74, 6) is 0.0284. The van der Waals surface area contributed by atoms with Crippen molar-refractivity contribution in [3.05, 3.63) is 34.3 Å². The van der Waals surface area contributed by atoms with Crippen molar-refractivity contribution < 1.29 is 14.3 Å². The summed E-state index contributed by atoms with van der Waals surface area (Å²) in [6.07, 6.45) is -0.0338. The fraction of sp³-hybridized carbons (Fsp3) is 0.529. The van der Waals surface area contributed by atoms with Crippen molar-refractivity contribution in [2.75, 3.05) is 6.54 Å². The van der Waals surface area contributed by atoms with Crippen molar-refractivity contribution >= 4 is 27.8 Å². The number of ether oxygens (including phenoxy) is 1. The normalized spacial score (nSPS) is 22.6. The highest BCUT2D eigenvalue weighted by atomic mass is 79.9. The maximum absolute atomic E-state index is 12.5. The van der Waals surface area contributed by atoms with E-state index in [9.17, 15) is 9.59 Å². The number of nitrogens with zero attached hydrogens (tertiary/aromatic N) is 1. The molecule has 0 aliphatic carbocycles. The summed E-state index contributed by atoms with van der Waals surface area (Å²) in [6, 6.07) is 7.46. The summed E-state index contributed by atoms with van der Waals surface area (Å²) in [6.45, 7) is 7.79. The first kappa shape index (κ1) is 17.0. The van der Waals surface area contributed by atoms with Crippen LogP contribution in [-0.2, 0) is 9.53 Å². The second kappa shape index (κ2) is 6.41. The minimum atomic E-state index is -0.552. The molecular formula is C17H22BrNO3. The average Bonchev–Trinajstić information content (AvgIpc) is 2.39. The maximum Gasteiger partial charge on any atom is 0.410 e. The van der Waals surface area contributed by atoms with E-state index in [1.807, 2.05) is 52.0 Å². The van der Waals surface area contributed by atoms with E-state index in [1.54, 1.807) is 4.90 Å². The fourth-order valence-electron chi connectivity index (χ4n) is 2.56. The molecule has 22 heavy (non-hydrogen) atoms. The van der Waals surface area contributed by atoms with Gasteiger partial charge in [-0.05, 0) is 38.5 Å². The number of benzene rings is 1. The number of carbonyl (C=O) groups is 2. The van der Waals surface area contributed by atoms with Crippen molar-refractivity contribution in [1.29, 1.82) is 0 Å². The molecule has 1 heterocycles. The molecule has 1 aromatic rings. The first-order chi connectivity index (χ1) is 10.2. The zero-order chi connectivity index (χ0) is 16.5. The van der Waals surface area contributed by atoms with Gasteiger partial charge in [-0.1, -0.05) is 35.0 Å². The Bertz CT molecular complexity index is 580. The molecule has 1 aliphatic heterocycles. The van der Waals surface area contributed by atoms with Crippen LogP contribution in [0.5, 0.6) is 0 Å². The van der Waals surface area contributed by atoms with Crippen molar-refractivity contribution in [2.45, 2.75) is 45.8 Å². The highest BCUT2D eigenvalue weighted by molar-refractivity contribution is 9.10. The standard InChI is InChI=1S/C17H22BrNO3/c1-11-10-19(16(21)22-17(2,3)4)14(9-15(11)20)12-6-5-7-13(18)8-12/h5-8,11,14H,9-10H2,1-4H3. The van der Waals surface area contributed by atoms with E-state index in [1.165, 1.54) is 0 Å². The second-order valence-corrected chi connectivity index (χ2v) is 7.69. The Labute approximate surface area is 140 Å². The molecule has 1 fully saturated rings. The van der Waals surface area contributed by atoms with Crippen LogP contribution < -0.4 is 0 Å². The van der Waals surface area contributed by atoms with Crippen molar-refractivity contribution in [3.8, 4) is 0 Å². The van der Waals surface area contributed by atoms with E-state index in [4.69, 9.17) is 4.74 Å². The summed E-state index contributed by atoms with van der Waals surface area (Å²) in [5.41, 5.74) is 0.393. The van der Waals surface area contributed by atoms with Crippen LogP contribution in [0.15, 0.2) is 28.7 Å². The summed E-state index contributed by atoms with van der Waals surface area (Å²) < 4.78 is 6.44. The number of rotatable bonds is 1. The number of hydrogen-bond donors (Lipinski definition) is 0. The first-order valence-electron chi connectivity index (χ1n) is 7.45. The van der Waals surface area contributed by atoms with E-state index in [-0.39, 0.29) is 23.8 Å². The van der Waals surface area contributed by atoms with Crippen molar-refractivity contribution in [2.24, 2.45) is 5.92 Å². The number of carbonyl (C=O) groups excluding carboxylic acids is 2.